The molecule has 0 unspecified atom stereocenters. The third kappa shape index (κ3) is 5.84. The van der Waals surface area contributed by atoms with Crippen molar-refractivity contribution in [3.05, 3.63) is 65.7 Å². The molecule has 2 aliphatic heterocycles. The molecular formula is C29H35N9O3. The number of ether oxygens (including phenoxy) is 1. The Morgan fingerprint density at radius 3 is 2.73 bits per heavy atom. The monoisotopic (exact) mass is 557 g/mol. The minimum atomic E-state index is -0.345. The van der Waals surface area contributed by atoms with Gasteiger partial charge in [0.2, 0.25) is 11.8 Å². The van der Waals surface area contributed by atoms with E-state index >= 15 is 0 Å². The van der Waals surface area contributed by atoms with Crippen LogP contribution < -0.4 is 10.6 Å². The van der Waals surface area contributed by atoms with Gasteiger partial charge in [0.1, 0.15) is 0 Å². The first-order valence-corrected chi connectivity index (χ1v) is 14.0. The van der Waals surface area contributed by atoms with E-state index in [4.69, 9.17) is 14.2 Å². The van der Waals surface area contributed by atoms with Crippen molar-refractivity contribution in [2.24, 2.45) is 0 Å². The van der Waals surface area contributed by atoms with Gasteiger partial charge in [-0.05, 0) is 36.6 Å². The molecule has 1 atom stereocenters. The molecule has 3 aromatic heterocycles. The van der Waals surface area contributed by atoms with Crippen molar-refractivity contribution in [1.82, 2.24) is 40.1 Å². The van der Waals surface area contributed by atoms with Crippen molar-refractivity contribution in [2.75, 3.05) is 25.1 Å². The summed E-state index contributed by atoms with van der Waals surface area (Å²) in [4.78, 5) is 29.1. The van der Waals surface area contributed by atoms with Crippen LogP contribution in [0.2, 0.25) is 0 Å². The van der Waals surface area contributed by atoms with Crippen LogP contribution in [0.25, 0.3) is 11.3 Å². The minimum absolute atomic E-state index is 0.0482. The molecule has 4 aromatic rings. The Kier molecular flexibility index (Phi) is 7.26. The topological polar surface area (TPSA) is 136 Å². The number of nitrogens with zero attached hydrogens (tertiary/aromatic N) is 7. The Morgan fingerprint density at radius 2 is 2.02 bits per heavy atom. The molecule has 0 bridgehead atoms. The van der Waals surface area contributed by atoms with Crippen LogP contribution in [0.5, 0.6) is 0 Å². The quantitative estimate of drug-likeness (QED) is 0.345. The molecule has 12 nitrogen and oxygen atoms in total. The summed E-state index contributed by atoms with van der Waals surface area (Å²) in [5.74, 6) is 0.638. The number of anilines is 2. The second-order valence-electron chi connectivity index (χ2n) is 11.5. The van der Waals surface area contributed by atoms with E-state index in [-0.39, 0.29) is 23.2 Å². The van der Waals surface area contributed by atoms with Gasteiger partial charge in [-0.25, -0.2) is 9.97 Å². The molecule has 5 heterocycles. The molecule has 1 amide bonds. The third-order valence-corrected chi connectivity index (χ3v) is 7.47. The summed E-state index contributed by atoms with van der Waals surface area (Å²) in [5, 5.41) is 14.7. The maximum atomic E-state index is 13.2. The van der Waals surface area contributed by atoms with E-state index in [1.54, 1.807) is 12.4 Å². The molecule has 41 heavy (non-hydrogen) atoms. The normalized spacial score (nSPS) is 17.9. The van der Waals surface area contributed by atoms with Gasteiger partial charge in [0, 0.05) is 43.0 Å². The molecule has 12 heteroatoms. The number of aryl methyl sites for hydroxylation is 1. The van der Waals surface area contributed by atoms with Crippen molar-refractivity contribution in [3.8, 4) is 11.3 Å². The second-order valence-corrected chi connectivity index (χ2v) is 11.5. The molecule has 1 aromatic carbocycles. The highest BCUT2D eigenvalue weighted by Crippen LogP contribution is 2.32. The van der Waals surface area contributed by atoms with Gasteiger partial charge < -0.3 is 19.9 Å². The van der Waals surface area contributed by atoms with Gasteiger partial charge >= 0.3 is 0 Å². The van der Waals surface area contributed by atoms with E-state index in [0.717, 1.165) is 67.3 Å². The Bertz CT molecular complexity index is 1540. The van der Waals surface area contributed by atoms with Crippen molar-refractivity contribution in [2.45, 2.75) is 64.7 Å². The predicted octanol–water partition coefficient (Wildman–Crippen LogP) is 3.86. The molecule has 0 spiro atoms. The Labute approximate surface area is 238 Å². The van der Waals surface area contributed by atoms with Crippen LogP contribution in [-0.4, -0.2) is 66.5 Å². The van der Waals surface area contributed by atoms with Gasteiger partial charge in [0.05, 0.1) is 42.9 Å². The zero-order valence-corrected chi connectivity index (χ0v) is 23.8. The van der Waals surface area contributed by atoms with Gasteiger partial charge in [-0.3, -0.25) is 14.4 Å². The zero-order chi connectivity index (χ0) is 28.6. The summed E-state index contributed by atoms with van der Waals surface area (Å²) < 4.78 is 12.7. The molecule has 2 aliphatic rings. The van der Waals surface area contributed by atoms with Crippen LogP contribution in [0, 0.1) is 0 Å². The third-order valence-electron chi connectivity index (χ3n) is 7.47. The minimum Gasteiger partial charge on any atom is -0.378 e. The first-order chi connectivity index (χ1) is 19.8. The molecule has 1 saturated heterocycles. The molecule has 0 aliphatic carbocycles. The summed E-state index contributed by atoms with van der Waals surface area (Å²) >= 11 is 0. The summed E-state index contributed by atoms with van der Waals surface area (Å²) in [6.45, 7) is 11.8. The highest BCUT2D eigenvalue weighted by molar-refractivity contribution is 5.90. The number of benzene rings is 1. The maximum Gasteiger partial charge on any atom is 0.293 e. The van der Waals surface area contributed by atoms with Crippen LogP contribution in [-0.2, 0) is 23.2 Å². The fourth-order valence-electron chi connectivity index (χ4n) is 5.04. The van der Waals surface area contributed by atoms with E-state index in [2.05, 4.69) is 47.9 Å². The smallest absolute Gasteiger partial charge is 0.293 e. The fourth-order valence-corrected chi connectivity index (χ4v) is 5.04. The average Bonchev–Trinajstić information content (AvgIpc) is 3.57. The molecule has 6 rings (SSSR count). The summed E-state index contributed by atoms with van der Waals surface area (Å²) in [7, 11) is 0. The van der Waals surface area contributed by atoms with Crippen molar-refractivity contribution in [3.63, 3.8) is 0 Å². The van der Waals surface area contributed by atoms with Crippen LogP contribution in [0.15, 0.2) is 47.4 Å². The summed E-state index contributed by atoms with van der Waals surface area (Å²) in [5.41, 5.74) is 4.48. The van der Waals surface area contributed by atoms with E-state index in [1.165, 1.54) is 0 Å². The first-order valence-electron chi connectivity index (χ1n) is 14.0. The van der Waals surface area contributed by atoms with E-state index in [9.17, 15) is 4.79 Å². The number of carbonyl (C=O) groups excluding carboxylic acids is 1. The predicted molar refractivity (Wildman–Crippen MR) is 151 cm³/mol. The van der Waals surface area contributed by atoms with E-state index in [1.807, 2.05) is 50.7 Å². The first kappa shape index (κ1) is 27.0. The molecular weight excluding hydrogens is 522 g/mol. The Hall–Kier alpha value is -4.16. The van der Waals surface area contributed by atoms with Crippen molar-refractivity contribution >= 4 is 17.5 Å². The number of carbonyl (C=O) groups is 1. The number of fused-ring (bicyclic) bond motifs is 1. The number of nitrogens with one attached hydrogen (secondary N) is 2. The SMILES string of the molecule is CCn1cc(Nc2nccc(-c3ccc4c(c3)CN(C3COC3)CC[C@H]4NC(=O)c3noc(C(C)(C)C)n3)n2)cn1. The molecule has 0 radical (unpaired) electrons. The summed E-state index contributed by atoms with van der Waals surface area (Å²) in [6, 6.07) is 8.37. The zero-order valence-electron chi connectivity index (χ0n) is 23.8. The molecule has 214 valence electrons. The average molecular weight is 558 g/mol. The largest absolute Gasteiger partial charge is 0.378 e. The van der Waals surface area contributed by atoms with Crippen LogP contribution in [0.3, 0.4) is 0 Å². The van der Waals surface area contributed by atoms with Crippen molar-refractivity contribution in [1.29, 1.82) is 0 Å². The lowest BCUT2D eigenvalue weighted by Gasteiger charge is -2.36. The number of hydrogen-bond donors (Lipinski definition) is 2. The van der Waals surface area contributed by atoms with E-state index < -0.39 is 0 Å². The second kappa shape index (κ2) is 11.0. The fraction of sp³-hybridized carbons (Fsp3) is 0.448. The summed E-state index contributed by atoms with van der Waals surface area (Å²) in [6.07, 6.45) is 6.18. The maximum absolute atomic E-state index is 13.2. The van der Waals surface area contributed by atoms with Crippen LogP contribution in [0.4, 0.5) is 11.6 Å². The highest BCUT2D eigenvalue weighted by atomic mass is 16.5. The Balaban J connectivity index is 1.27. The Morgan fingerprint density at radius 1 is 1.17 bits per heavy atom. The van der Waals surface area contributed by atoms with Crippen molar-refractivity contribution < 1.29 is 14.1 Å². The van der Waals surface area contributed by atoms with Gasteiger partial charge in [-0.1, -0.05) is 38.1 Å². The number of aromatic nitrogens is 6. The van der Waals surface area contributed by atoms with Gasteiger partial charge in [-0.2, -0.15) is 10.1 Å². The molecule has 0 saturated carbocycles. The van der Waals surface area contributed by atoms with Gasteiger partial charge in [-0.15, -0.1) is 0 Å². The van der Waals surface area contributed by atoms with E-state index in [0.29, 0.717) is 17.9 Å². The molecule has 1 fully saturated rings. The lowest BCUT2D eigenvalue weighted by Crippen LogP contribution is -2.48. The highest BCUT2D eigenvalue weighted by Gasteiger charge is 2.32. The van der Waals surface area contributed by atoms with Crippen LogP contribution in [0.1, 0.15) is 67.8 Å². The number of hydrogen-bond acceptors (Lipinski definition) is 10. The standard InChI is InChI=1S/C29H35N9O3/c1-5-38-15-20(13-31-38)32-28-30-10-8-23(34-28)18-6-7-22-19(12-18)14-37(21-16-40-17-21)11-9-24(22)33-26(39)25-35-27(41-36-25)29(2,3)4/h6-8,10,12-13,15,21,24H,5,9,11,14,16-17H2,1-4H3,(H,33,39)(H,30,32,34)/t24-/m1/s1. The number of amides is 1. The van der Waals surface area contributed by atoms with Crippen LogP contribution >= 0.6 is 0 Å². The lowest BCUT2D eigenvalue weighted by atomic mass is 9.96. The molecule has 2 N–H and O–H groups in total. The van der Waals surface area contributed by atoms with Gasteiger partial charge in [0.25, 0.3) is 11.7 Å². The number of rotatable bonds is 7. The lowest BCUT2D eigenvalue weighted by molar-refractivity contribution is -0.0678. The van der Waals surface area contributed by atoms with Gasteiger partial charge in [0.15, 0.2) is 0 Å².